The summed E-state index contributed by atoms with van der Waals surface area (Å²) in [6.45, 7) is 6.07. The Morgan fingerprint density at radius 3 is 2.29 bits per heavy atom. The molecule has 1 aromatic carbocycles. The first-order chi connectivity index (χ1) is 8.03. The predicted octanol–water partition coefficient (Wildman–Crippen LogP) is 3.52. The molecule has 0 saturated carbocycles. The van der Waals surface area contributed by atoms with Gasteiger partial charge in [0.1, 0.15) is 11.5 Å². The normalized spacial score (nSPS) is 11.8. The highest BCUT2D eigenvalue weighted by Crippen LogP contribution is 2.29. The van der Waals surface area contributed by atoms with Gasteiger partial charge in [0.15, 0.2) is 0 Å². The van der Waals surface area contributed by atoms with Gasteiger partial charge in [0.2, 0.25) is 0 Å². The maximum atomic E-state index is 9.30. The van der Waals surface area contributed by atoms with Crippen LogP contribution in [0.25, 0.3) is 11.3 Å². The minimum absolute atomic E-state index is 0.0772. The number of rotatable bonds is 3. The lowest BCUT2D eigenvalue weighted by Gasteiger charge is -2.18. The SMILES string of the molecule is Cc1ccc(-c2ccc(C(C)(C)CO)o2)cc1. The monoisotopic (exact) mass is 230 g/mol. The molecule has 0 saturated heterocycles. The van der Waals surface area contributed by atoms with E-state index < -0.39 is 0 Å². The van der Waals surface area contributed by atoms with E-state index in [-0.39, 0.29) is 12.0 Å². The van der Waals surface area contributed by atoms with Gasteiger partial charge >= 0.3 is 0 Å². The van der Waals surface area contributed by atoms with Gasteiger partial charge in [-0.2, -0.15) is 0 Å². The van der Waals surface area contributed by atoms with Crippen LogP contribution in [0.1, 0.15) is 25.2 Å². The van der Waals surface area contributed by atoms with Crippen LogP contribution >= 0.6 is 0 Å². The molecular weight excluding hydrogens is 212 g/mol. The van der Waals surface area contributed by atoms with E-state index in [2.05, 4.69) is 19.1 Å². The van der Waals surface area contributed by atoms with Crippen molar-refractivity contribution < 1.29 is 9.52 Å². The lowest BCUT2D eigenvalue weighted by Crippen LogP contribution is -2.20. The van der Waals surface area contributed by atoms with E-state index in [1.165, 1.54) is 5.56 Å². The van der Waals surface area contributed by atoms with Gasteiger partial charge in [-0.25, -0.2) is 0 Å². The second kappa shape index (κ2) is 4.38. The highest BCUT2D eigenvalue weighted by molar-refractivity contribution is 5.58. The van der Waals surface area contributed by atoms with Crippen molar-refractivity contribution in [1.82, 2.24) is 0 Å². The van der Waals surface area contributed by atoms with Gasteiger partial charge in [-0.1, -0.05) is 43.7 Å². The van der Waals surface area contributed by atoms with Crippen LogP contribution < -0.4 is 0 Å². The Balaban J connectivity index is 2.33. The summed E-state index contributed by atoms with van der Waals surface area (Å²) in [5, 5.41) is 9.30. The topological polar surface area (TPSA) is 33.4 Å². The summed E-state index contributed by atoms with van der Waals surface area (Å²) in [5.41, 5.74) is 1.97. The lowest BCUT2D eigenvalue weighted by molar-refractivity contribution is 0.198. The summed E-state index contributed by atoms with van der Waals surface area (Å²) < 4.78 is 5.81. The van der Waals surface area contributed by atoms with E-state index in [4.69, 9.17) is 4.42 Å². The Labute approximate surface area is 102 Å². The quantitative estimate of drug-likeness (QED) is 0.875. The third-order valence-electron chi connectivity index (χ3n) is 3.00. The molecule has 0 unspecified atom stereocenters. The second-order valence-electron chi connectivity index (χ2n) is 5.07. The molecule has 0 aliphatic rings. The second-order valence-corrected chi connectivity index (χ2v) is 5.07. The number of hydrogen-bond donors (Lipinski definition) is 1. The third-order valence-corrected chi connectivity index (χ3v) is 3.00. The first-order valence-corrected chi connectivity index (χ1v) is 5.81. The molecule has 0 aliphatic heterocycles. The first-order valence-electron chi connectivity index (χ1n) is 5.81. The Kier molecular flexibility index (Phi) is 3.07. The summed E-state index contributed by atoms with van der Waals surface area (Å²) in [5.74, 6) is 1.66. The molecular formula is C15H18O2. The van der Waals surface area contributed by atoms with Crippen molar-refractivity contribution in [3.05, 3.63) is 47.7 Å². The largest absolute Gasteiger partial charge is 0.460 e. The van der Waals surface area contributed by atoms with Crippen molar-refractivity contribution in [2.75, 3.05) is 6.61 Å². The predicted molar refractivity (Wildman–Crippen MR) is 69.0 cm³/mol. The standard InChI is InChI=1S/C15H18O2/c1-11-4-6-12(7-5-11)13-8-9-14(17-13)15(2,3)10-16/h4-9,16H,10H2,1-3H3. The molecule has 0 radical (unpaired) electrons. The van der Waals surface area contributed by atoms with E-state index in [9.17, 15) is 5.11 Å². The molecule has 2 rings (SSSR count). The molecule has 17 heavy (non-hydrogen) atoms. The van der Waals surface area contributed by atoms with Gasteiger partial charge in [-0.15, -0.1) is 0 Å². The number of aryl methyl sites for hydroxylation is 1. The zero-order valence-electron chi connectivity index (χ0n) is 10.5. The highest BCUT2D eigenvalue weighted by atomic mass is 16.3. The highest BCUT2D eigenvalue weighted by Gasteiger charge is 2.23. The van der Waals surface area contributed by atoms with Crippen molar-refractivity contribution >= 4 is 0 Å². The summed E-state index contributed by atoms with van der Waals surface area (Å²) in [4.78, 5) is 0. The van der Waals surface area contributed by atoms with E-state index in [0.29, 0.717) is 0 Å². The van der Waals surface area contributed by atoms with Crippen LogP contribution in [0.15, 0.2) is 40.8 Å². The van der Waals surface area contributed by atoms with Crippen LogP contribution in [0.4, 0.5) is 0 Å². The van der Waals surface area contributed by atoms with E-state index in [1.54, 1.807) is 0 Å². The van der Waals surface area contributed by atoms with E-state index in [1.807, 2.05) is 38.1 Å². The molecule has 0 amide bonds. The zero-order valence-corrected chi connectivity index (χ0v) is 10.5. The molecule has 1 N–H and O–H groups in total. The maximum Gasteiger partial charge on any atom is 0.134 e. The smallest absolute Gasteiger partial charge is 0.134 e. The number of aliphatic hydroxyl groups excluding tert-OH is 1. The van der Waals surface area contributed by atoms with E-state index in [0.717, 1.165) is 17.1 Å². The van der Waals surface area contributed by atoms with Crippen molar-refractivity contribution in [3.8, 4) is 11.3 Å². The third kappa shape index (κ3) is 2.42. The fourth-order valence-corrected chi connectivity index (χ4v) is 1.65. The Hall–Kier alpha value is -1.54. The van der Waals surface area contributed by atoms with Crippen molar-refractivity contribution in [3.63, 3.8) is 0 Å². The minimum atomic E-state index is -0.330. The Morgan fingerprint density at radius 1 is 1.06 bits per heavy atom. The average molecular weight is 230 g/mol. The molecule has 2 nitrogen and oxygen atoms in total. The molecule has 1 aromatic heterocycles. The first kappa shape index (κ1) is 11.9. The molecule has 2 heteroatoms. The Morgan fingerprint density at radius 2 is 1.71 bits per heavy atom. The molecule has 0 bridgehead atoms. The summed E-state index contributed by atoms with van der Waals surface area (Å²) in [7, 11) is 0. The van der Waals surface area contributed by atoms with Gasteiger partial charge in [-0.3, -0.25) is 0 Å². The number of aliphatic hydroxyl groups is 1. The Bertz CT molecular complexity index is 492. The molecule has 90 valence electrons. The lowest BCUT2D eigenvalue weighted by atomic mass is 9.92. The van der Waals surface area contributed by atoms with Crippen LogP contribution in [0.2, 0.25) is 0 Å². The molecule has 0 fully saturated rings. The van der Waals surface area contributed by atoms with Crippen molar-refractivity contribution in [2.24, 2.45) is 0 Å². The van der Waals surface area contributed by atoms with Crippen LogP contribution in [-0.4, -0.2) is 11.7 Å². The molecule has 0 atom stereocenters. The van der Waals surface area contributed by atoms with Gasteiger partial charge in [0.05, 0.1) is 6.61 Å². The van der Waals surface area contributed by atoms with Crippen LogP contribution in [-0.2, 0) is 5.41 Å². The molecule has 0 spiro atoms. The molecule has 0 aliphatic carbocycles. The van der Waals surface area contributed by atoms with Crippen LogP contribution in [0.3, 0.4) is 0 Å². The summed E-state index contributed by atoms with van der Waals surface area (Å²) in [6, 6.07) is 12.1. The average Bonchev–Trinajstić information content (AvgIpc) is 2.80. The zero-order chi connectivity index (χ0) is 12.5. The van der Waals surface area contributed by atoms with Gasteiger partial charge < -0.3 is 9.52 Å². The van der Waals surface area contributed by atoms with Gasteiger partial charge in [0.25, 0.3) is 0 Å². The van der Waals surface area contributed by atoms with Gasteiger partial charge in [-0.05, 0) is 19.1 Å². The van der Waals surface area contributed by atoms with Gasteiger partial charge in [0, 0.05) is 11.0 Å². The molecule has 2 aromatic rings. The van der Waals surface area contributed by atoms with Crippen molar-refractivity contribution in [1.29, 1.82) is 0 Å². The number of furan rings is 1. The number of benzene rings is 1. The van der Waals surface area contributed by atoms with E-state index >= 15 is 0 Å². The summed E-state index contributed by atoms with van der Waals surface area (Å²) in [6.07, 6.45) is 0. The minimum Gasteiger partial charge on any atom is -0.460 e. The van der Waals surface area contributed by atoms with Crippen molar-refractivity contribution in [2.45, 2.75) is 26.2 Å². The molecule has 1 heterocycles. The van der Waals surface area contributed by atoms with Crippen LogP contribution in [0, 0.1) is 6.92 Å². The summed E-state index contributed by atoms with van der Waals surface area (Å²) >= 11 is 0. The maximum absolute atomic E-state index is 9.30. The fraction of sp³-hybridized carbons (Fsp3) is 0.333. The fourth-order valence-electron chi connectivity index (χ4n) is 1.65. The van der Waals surface area contributed by atoms with Crippen LogP contribution in [0.5, 0.6) is 0 Å². The number of hydrogen-bond acceptors (Lipinski definition) is 2.